The molecule has 1 heterocycles. The maximum atomic E-state index is 13.6. The largest absolute Gasteiger partial charge is 0.439 e. The molecule has 1 aliphatic heterocycles. The van der Waals surface area contributed by atoms with Crippen LogP contribution in [0.1, 0.15) is 36.0 Å². The van der Waals surface area contributed by atoms with Gasteiger partial charge < -0.3 is 5.11 Å². The summed E-state index contributed by atoms with van der Waals surface area (Å²) >= 11 is 5.79. The molecule has 1 fully saturated rings. The maximum absolute atomic E-state index is 13.6. The average molecular weight is 347 g/mol. The molecule has 8 heteroatoms. The average Bonchev–Trinajstić information content (AvgIpc) is 2.81. The Morgan fingerprint density at radius 2 is 2.13 bits per heavy atom. The van der Waals surface area contributed by atoms with Crippen LogP contribution in [0.2, 0.25) is 5.02 Å². The van der Waals surface area contributed by atoms with Crippen molar-refractivity contribution in [1.29, 1.82) is 0 Å². The van der Waals surface area contributed by atoms with Crippen molar-refractivity contribution in [3.8, 4) is 0 Å². The number of carbonyl (C=O) groups is 1. The number of amides is 1. The summed E-state index contributed by atoms with van der Waals surface area (Å²) in [5.41, 5.74) is -3.13. The van der Waals surface area contributed by atoms with Crippen LogP contribution in [-0.2, 0) is 0 Å². The van der Waals surface area contributed by atoms with Crippen LogP contribution in [0, 0.1) is 5.92 Å². The Kier molecular flexibility index (Phi) is 3.88. The minimum absolute atomic E-state index is 0.0526. The molecule has 23 heavy (non-hydrogen) atoms. The number of hydrogen-bond donors (Lipinski definition) is 1. The van der Waals surface area contributed by atoms with Gasteiger partial charge in [-0.25, -0.2) is 0 Å². The van der Waals surface area contributed by atoms with E-state index in [0.29, 0.717) is 19.3 Å². The summed E-state index contributed by atoms with van der Waals surface area (Å²) in [6, 6.07) is 5.55. The zero-order chi connectivity index (χ0) is 16.8. The van der Waals surface area contributed by atoms with Crippen molar-refractivity contribution in [1.82, 2.24) is 5.01 Å². The maximum Gasteiger partial charge on any atom is 0.439 e. The molecule has 0 unspecified atom stereocenters. The Hall–Kier alpha value is -1.60. The third-order valence-corrected chi connectivity index (χ3v) is 4.53. The molecule has 1 saturated carbocycles. The van der Waals surface area contributed by atoms with Crippen LogP contribution in [-0.4, -0.2) is 33.6 Å². The van der Waals surface area contributed by atoms with Crippen molar-refractivity contribution in [2.24, 2.45) is 11.0 Å². The molecular formula is C15H14ClF3N2O2. The van der Waals surface area contributed by atoms with Crippen LogP contribution in [0.4, 0.5) is 13.2 Å². The van der Waals surface area contributed by atoms with Crippen LogP contribution in [0.25, 0.3) is 0 Å². The molecule has 0 saturated heterocycles. The molecule has 0 aromatic heterocycles. The highest BCUT2D eigenvalue weighted by Crippen LogP contribution is 2.48. The fraction of sp³-hybridized carbons (Fsp3) is 0.467. The van der Waals surface area contributed by atoms with Crippen molar-refractivity contribution < 1.29 is 23.1 Å². The number of hydrogen-bond acceptors (Lipinski definition) is 3. The number of nitrogens with zero attached hydrogens (tertiary/aromatic N) is 2. The lowest BCUT2D eigenvalue weighted by atomic mass is 9.80. The highest BCUT2D eigenvalue weighted by atomic mass is 35.5. The molecule has 1 aromatic carbocycles. The van der Waals surface area contributed by atoms with E-state index in [2.05, 4.69) is 5.10 Å². The van der Waals surface area contributed by atoms with Gasteiger partial charge in [0.2, 0.25) is 0 Å². The first-order chi connectivity index (χ1) is 10.7. The van der Waals surface area contributed by atoms with Crippen molar-refractivity contribution in [3.05, 3.63) is 34.9 Å². The summed E-state index contributed by atoms with van der Waals surface area (Å²) in [6.45, 7) is 0. The standard InChI is InChI=1S/C15H14ClF3N2O2/c16-10-5-3-4-9(8-10)13(22)21-14(23,15(17,18)19)11-6-1-2-7-12(11)20-21/h3-5,8,11,23H,1-2,6-7H2/t11-,14+/m1/s1. The van der Waals surface area contributed by atoms with Crippen molar-refractivity contribution in [2.45, 2.75) is 37.6 Å². The van der Waals surface area contributed by atoms with Gasteiger partial charge in [0.15, 0.2) is 0 Å². The molecule has 1 aromatic rings. The zero-order valence-corrected chi connectivity index (χ0v) is 12.7. The van der Waals surface area contributed by atoms with Gasteiger partial charge in [0.05, 0.1) is 5.92 Å². The first kappa shape index (κ1) is 16.3. The van der Waals surface area contributed by atoms with E-state index in [0.717, 1.165) is 0 Å². The van der Waals surface area contributed by atoms with Crippen LogP contribution in [0.5, 0.6) is 0 Å². The number of fused-ring (bicyclic) bond motifs is 1. The van der Waals surface area contributed by atoms with E-state index in [-0.39, 0.29) is 27.7 Å². The van der Waals surface area contributed by atoms with Crippen LogP contribution < -0.4 is 0 Å². The Morgan fingerprint density at radius 1 is 1.39 bits per heavy atom. The van der Waals surface area contributed by atoms with Crippen molar-refractivity contribution >= 4 is 23.2 Å². The molecule has 0 spiro atoms. The highest BCUT2D eigenvalue weighted by Gasteiger charge is 2.68. The molecule has 0 bridgehead atoms. The first-order valence-electron chi connectivity index (χ1n) is 7.21. The molecule has 2 atom stereocenters. The van der Waals surface area contributed by atoms with E-state index in [1.807, 2.05) is 0 Å². The molecule has 1 aliphatic carbocycles. The van der Waals surface area contributed by atoms with Gasteiger partial charge in [-0.1, -0.05) is 24.1 Å². The number of rotatable bonds is 1. The molecule has 3 rings (SSSR count). The van der Waals surface area contributed by atoms with E-state index in [1.165, 1.54) is 24.3 Å². The van der Waals surface area contributed by atoms with Gasteiger partial charge in [-0.3, -0.25) is 4.79 Å². The Labute approximate surface area is 135 Å². The third kappa shape index (κ3) is 2.52. The van der Waals surface area contributed by atoms with E-state index in [1.54, 1.807) is 0 Å². The summed E-state index contributed by atoms with van der Waals surface area (Å²) in [6.07, 6.45) is -3.26. The number of halogens is 4. The minimum Gasteiger partial charge on any atom is -0.362 e. The van der Waals surface area contributed by atoms with Gasteiger partial charge >= 0.3 is 6.18 Å². The second-order valence-electron chi connectivity index (χ2n) is 5.74. The second-order valence-corrected chi connectivity index (χ2v) is 6.18. The topological polar surface area (TPSA) is 52.9 Å². The quantitative estimate of drug-likeness (QED) is 0.844. The fourth-order valence-electron chi connectivity index (χ4n) is 3.16. The number of alkyl halides is 3. The minimum atomic E-state index is -5.01. The number of benzene rings is 1. The second kappa shape index (κ2) is 5.49. The number of aliphatic hydroxyl groups is 1. The smallest absolute Gasteiger partial charge is 0.362 e. The molecule has 0 radical (unpaired) electrons. The van der Waals surface area contributed by atoms with E-state index in [4.69, 9.17) is 11.6 Å². The van der Waals surface area contributed by atoms with Gasteiger partial charge in [0.1, 0.15) is 0 Å². The van der Waals surface area contributed by atoms with Crippen LogP contribution in [0.3, 0.4) is 0 Å². The fourth-order valence-corrected chi connectivity index (χ4v) is 3.35. The summed E-state index contributed by atoms with van der Waals surface area (Å²) < 4.78 is 40.7. The highest BCUT2D eigenvalue weighted by molar-refractivity contribution is 6.31. The van der Waals surface area contributed by atoms with Gasteiger partial charge in [-0.15, -0.1) is 0 Å². The van der Waals surface area contributed by atoms with E-state index < -0.39 is 23.7 Å². The summed E-state index contributed by atoms with van der Waals surface area (Å²) in [5, 5.41) is 14.6. The van der Waals surface area contributed by atoms with Gasteiger partial charge in [0, 0.05) is 16.3 Å². The van der Waals surface area contributed by atoms with Gasteiger partial charge in [-0.2, -0.15) is 23.3 Å². The van der Waals surface area contributed by atoms with Crippen molar-refractivity contribution in [3.63, 3.8) is 0 Å². The van der Waals surface area contributed by atoms with Gasteiger partial charge in [0.25, 0.3) is 11.6 Å². The molecule has 124 valence electrons. The zero-order valence-electron chi connectivity index (χ0n) is 12.0. The molecule has 2 aliphatic rings. The summed E-state index contributed by atoms with van der Waals surface area (Å²) in [5.74, 6) is -2.23. The molecular weight excluding hydrogens is 333 g/mol. The Bertz CT molecular complexity index is 677. The monoisotopic (exact) mass is 346 g/mol. The lowest BCUT2D eigenvalue weighted by Gasteiger charge is -2.38. The Balaban J connectivity index is 2.05. The lowest BCUT2D eigenvalue weighted by molar-refractivity contribution is -0.312. The van der Waals surface area contributed by atoms with E-state index >= 15 is 0 Å². The SMILES string of the molecule is O=C(c1cccc(Cl)c1)N1N=C2CCCC[C@H]2[C@]1(O)C(F)(F)F. The third-order valence-electron chi connectivity index (χ3n) is 4.30. The summed E-state index contributed by atoms with van der Waals surface area (Å²) in [4.78, 5) is 12.5. The van der Waals surface area contributed by atoms with Crippen LogP contribution >= 0.6 is 11.6 Å². The predicted octanol–water partition coefficient (Wildman–Crippen LogP) is 3.59. The normalized spacial score (nSPS) is 27.6. The van der Waals surface area contributed by atoms with E-state index in [9.17, 15) is 23.1 Å². The first-order valence-corrected chi connectivity index (χ1v) is 7.59. The molecule has 1 N–H and O–H groups in total. The molecule has 1 amide bonds. The lowest BCUT2D eigenvalue weighted by Crippen LogP contribution is -2.61. The van der Waals surface area contributed by atoms with Gasteiger partial charge in [-0.05, 0) is 37.5 Å². The number of carbonyl (C=O) groups excluding carboxylic acids is 1. The number of hydrazone groups is 1. The van der Waals surface area contributed by atoms with Crippen molar-refractivity contribution in [2.75, 3.05) is 0 Å². The summed E-state index contributed by atoms with van der Waals surface area (Å²) in [7, 11) is 0. The Morgan fingerprint density at radius 3 is 2.78 bits per heavy atom. The molecule has 4 nitrogen and oxygen atoms in total. The predicted molar refractivity (Wildman–Crippen MR) is 78.0 cm³/mol. The van der Waals surface area contributed by atoms with Crippen LogP contribution in [0.15, 0.2) is 29.4 Å².